The Morgan fingerprint density at radius 2 is 1.95 bits per heavy atom. The maximum atomic E-state index is 6.16. The highest BCUT2D eigenvalue weighted by Crippen LogP contribution is 2.29. The number of ether oxygens (including phenoxy) is 1. The molecule has 1 unspecified atom stereocenters. The molecule has 0 aliphatic rings. The van der Waals surface area contributed by atoms with Crippen LogP contribution in [-0.4, -0.2) is 12.1 Å². The SMILES string of the molecule is COc1ccc(Cl)cc1CC(N)c1ncc(Cl)cc1Cl. The minimum absolute atomic E-state index is 0.368. The van der Waals surface area contributed by atoms with Gasteiger partial charge in [0.1, 0.15) is 5.75 Å². The van der Waals surface area contributed by atoms with Gasteiger partial charge in [0.05, 0.1) is 28.9 Å². The first-order chi connectivity index (χ1) is 9.51. The van der Waals surface area contributed by atoms with E-state index in [2.05, 4.69) is 4.98 Å². The van der Waals surface area contributed by atoms with Gasteiger partial charge in [0.15, 0.2) is 0 Å². The van der Waals surface area contributed by atoms with Crippen LogP contribution in [0.3, 0.4) is 0 Å². The molecule has 1 atom stereocenters. The lowest BCUT2D eigenvalue weighted by molar-refractivity contribution is 0.408. The second-order valence-electron chi connectivity index (χ2n) is 4.29. The number of hydrogen-bond donors (Lipinski definition) is 1. The van der Waals surface area contributed by atoms with E-state index < -0.39 is 0 Å². The quantitative estimate of drug-likeness (QED) is 0.909. The van der Waals surface area contributed by atoms with Crippen LogP contribution in [-0.2, 0) is 6.42 Å². The standard InChI is InChI=1S/C14H13Cl3N2O/c1-20-13-3-2-9(15)4-8(13)5-12(18)14-11(17)6-10(16)7-19-14/h2-4,6-7,12H,5,18H2,1H3. The molecule has 0 aliphatic carbocycles. The molecule has 2 rings (SSSR count). The fourth-order valence-electron chi connectivity index (χ4n) is 1.94. The monoisotopic (exact) mass is 330 g/mol. The molecule has 1 aromatic heterocycles. The van der Waals surface area contributed by atoms with Crippen LogP contribution in [0.5, 0.6) is 5.75 Å². The van der Waals surface area contributed by atoms with Crippen molar-refractivity contribution in [1.82, 2.24) is 4.98 Å². The summed E-state index contributed by atoms with van der Waals surface area (Å²) in [5.41, 5.74) is 7.66. The summed E-state index contributed by atoms with van der Waals surface area (Å²) in [4.78, 5) is 4.19. The highest BCUT2D eigenvalue weighted by atomic mass is 35.5. The fraction of sp³-hybridized carbons (Fsp3) is 0.214. The third kappa shape index (κ3) is 3.55. The third-order valence-electron chi connectivity index (χ3n) is 2.87. The van der Waals surface area contributed by atoms with E-state index in [4.69, 9.17) is 45.3 Å². The van der Waals surface area contributed by atoms with Crippen molar-refractivity contribution in [3.05, 3.63) is 56.8 Å². The van der Waals surface area contributed by atoms with Crippen molar-refractivity contribution in [3.8, 4) is 5.75 Å². The van der Waals surface area contributed by atoms with Crippen LogP contribution >= 0.6 is 34.8 Å². The maximum Gasteiger partial charge on any atom is 0.122 e. The van der Waals surface area contributed by atoms with Gasteiger partial charge in [-0.1, -0.05) is 34.8 Å². The zero-order chi connectivity index (χ0) is 14.7. The Morgan fingerprint density at radius 3 is 2.60 bits per heavy atom. The van der Waals surface area contributed by atoms with Crippen LogP contribution in [0.15, 0.2) is 30.5 Å². The van der Waals surface area contributed by atoms with Crippen molar-refractivity contribution in [2.24, 2.45) is 5.73 Å². The molecule has 1 heterocycles. The zero-order valence-corrected chi connectivity index (χ0v) is 13.0. The van der Waals surface area contributed by atoms with Crippen molar-refractivity contribution in [2.75, 3.05) is 7.11 Å². The molecule has 0 bridgehead atoms. The van der Waals surface area contributed by atoms with Gasteiger partial charge in [-0.3, -0.25) is 4.98 Å². The first-order valence-corrected chi connectivity index (χ1v) is 7.03. The van der Waals surface area contributed by atoms with E-state index in [0.29, 0.717) is 27.2 Å². The van der Waals surface area contributed by atoms with Gasteiger partial charge in [-0.2, -0.15) is 0 Å². The number of nitrogens with zero attached hydrogens (tertiary/aromatic N) is 1. The van der Waals surface area contributed by atoms with E-state index in [1.165, 1.54) is 6.20 Å². The molecule has 106 valence electrons. The lowest BCUT2D eigenvalue weighted by Gasteiger charge is -2.15. The van der Waals surface area contributed by atoms with Crippen LogP contribution in [0.4, 0.5) is 0 Å². The summed E-state index contributed by atoms with van der Waals surface area (Å²) in [5.74, 6) is 0.731. The summed E-state index contributed by atoms with van der Waals surface area (Å²) in [5, 5.41) is 1.56. The average molecular weight is 332 g/mol. The lowest BCUT2D eigenvalue weighted by Crippen LogP contribution is -2.16. The molecule has 0 saturated carbocycles. The maximum absolute atomic E-state index is 6.16. The highest BCUT2D eigenvalue weighted by Gasteiger charge is 2.15. The van der Waals surface area contributed by atoms with Gasteiger partial charge in [-0.15, -0.1) is 0 Å². The van der Waals surface area contributed by atoms with Crippen molar-refractivity contribution < 1.29 is 4.74 Å². The number of hydrogen-bond acceptors (Lipinski definition) is 3. The Hall–Kier alpha value is -1.000. The predicted molar refractivity (Wildman–Crippen MR) is 82.9 cm³/mol. The smallest absolute Gasteiger partial charge is 0.122 e. The van der Waals surface area contributed by atoms with Gasteiger partial charge in [0.2, 0.25) is 0 Å². The number of rotatable bonds is 4. The summed E-state index contributed by atoms with van der Waals surface area (Å²) in [6.07, 6.45) is 2.04. The number of nitrogens with two attached hydrogens (primary N) is 1. The summed E-state index contributed by atoms with van der Waals surface area (Å²) in [7, 11) is 1.60. The number of pyridine rings is 1. The molecule has 3 nitrogen and oxygen atoms in total. The minimum Gasteiger partial charge on any atom is -0.496 e. The van der Waals surface area contributed by atoms with Gasteiger partial charge in [-0.25, -0.2) is 0 Å². The molecule has 0 aliphatic heterocycles. The Kier molecular flexibility index (Phi) is 5.11. The fourth-order valence-corrected chi connectivity index (χ4v) is 2.65. The summed E-state index contributed by atoms with van der Waals surface area (Å²) in [6, 6.07) is 6.65. The van der Waals surface area contributed by atoms with Gasteiger partial charge in [0.25, 0.3) is 0 Å². The minimum atomic E-state index is -0.368. The second-order valence-corrected chi connectivity index (χ2v) is 5.57. The van der Waals surface area contributed by atoms with Gasteiger partial charge in [-0.05, 0) is 36.2 Å². The highest BCUT2D eigenvalue weighted by molar-refractivity contribution is 6.34. The van der Waals surface area contributed by atoms with Crippen molar-refractivity contribution in [3.63, 3.8) is 0 Å². The lowest BCUT2D eigenvalue weighted by atomic mass is 10.0. The van der Waals surface area contributed by atoms with Crippen LogP contribution < -0.4 is 10.5 Å². The van der Waals surface area contributed by atoms with Crippen molar-refractivity contribution in [2.45, 2.75) is 12.5 Å². The Balaban J connectivity index is 2.27. The van der Waals surface area contributed by atoms with Crippen LogP contribution in [0.1, 0.15) is 17.3 Å². The molecule has 2 aromatic rings. The van der Waals surface area contributed by atoms with Crippen LogP contribution in [0.2, 0.25) is 15.1 Å². The average Bonchev–Trinajstić information content (AvgIpc) is 2.38. The molecule has 6 heteroatoms. The molecule has 20 heavy (non-hydrogen) atoms. The first-order valence-electron chi connectivity index (χ1n) is 5.90. The zero-order valence-electron chi connectivity index (χ0n) is 10.7. The number of halogens is 3. The number of aromatic nitrogens is 1. The number of benzene rings is 1. The van der Waals surface area contributed by atoms with E-state index >= 15 is 0 Å². The largest absolute Gasteiger partial charge is 0.496 e. The van der Waals surface area contributed by atoms with E-state index in [0.717, 1.165) is 11.3 Å². The Labute approximate surface area is 132 Å². The van der Waals surface area contributed by atoms with Crippen molar-refractivity contribution in [1.29, 1.82) is 0 Å². The predicted octanol–water partition coefficient (Wildman–Crippen LogP) is 4.29. The molecule has 2 N–H and O–H groups in total. The Morgan fingerprint density at radius 1 is 1.20 bits per heavy atom. The van der Waals surface area contributed by atoms with E-state index in [9.17, 15) is 0 Å². The van der Waals surface area contributed by atoms with Gasteiger partial charge < -0.3 is 10.5 Å². The molecule has 0 spiro atoms. The normalized spacial score (nSPS) is 12.2. The molecular weight excluding hydrogens is 319 g/mol. The van der Waals surface area contributed by atoms with E-state index in [-0.39, 0.29) is 6.04 Å². The molecule has 0 radical (unpaired) electrons. The molecule has 0 amide bonds. The molecular formula is C14H13Cl3N2O. The third-order valence-corrected chi connectivity index (χ3v) is 3.61. The molecule has 1 aromatic carbocycles. The molecule has 0 fully saturated rings. The first kappa shape index (κ1) is 15.4. The van der Waals surface area contributed by atoms with Crippen LogP contribution in [0.25, 0.3) is 0 Å². The number of methoxy groups -OCH3 is 1. The molecule has 0 saturated heterocycles. The van der Waals surface area contributed by atoms with Crippen molar-refractivity contribution >= 4 is 34.8 Å². The Bertz CT molecular complexity index is 619. The van der Waals surface area contributed by atoms with E-state index in [1.807, 2.05) is 6.07 Å². The topological polar surface area (TPSA) is 48.1 Å². The van der Waals surface area contributed by atoms with Gasteiger partial charge in [0, 0.05) is 11.2 Å². The van der Waals surface area contributed by atoms with Crippen LogP contribution in [0, 0.1) is 0 Å². The van der Waals surface area contributed by atoms with Gasteiger partial charge >= 0.3 is 0 Å². The summed E-state index contributed by atoms with van der Waals surface area (Å²) >= 11 is 17.9. The summed E-state index contributed by atoms with van der Waals surface area (Å²) in [6.45, 7) is 0. The summed E-state index contributed by atoms with van der Waals surface area (Å²) < 4.78 is 5.30. The van der Waals surface area contributed by atoms with E-state index in [1.54, 1.807) is 25.3 Å². The second kappa shape index (κ2) is 6.64.